The number of fused-ring (bicyclic) bond motifs is 1. The molecule has 1 spiro atoms. The first-order valence-electron chi connectivity index (χ1n) is 4.42. The summed E-state index contributed by atoms with van der Waals surface area (Å²) in [7, 11) is 0. The summed E-state index contributed by atoms with van der Waals surface area (Å²) in [6.07, 6.45) is 11.4. The summed E-state index contributed by atoms with van der Waals surface area (Å²) in [6.45, 7) is 0. The number of hydrogen-bond donors (Lipinski definition) is 0. The van der Waals surface area contributed by atoms with Gasteiger partial charge in [0.05, 0.1) is 0 Å². The van der Waals surface area contributed by atoms with Crippen LogP contribution in [0.1, 0.15) is 19.3 Å². The SMILES string of the molecule is O=C1C=CCC23CC=C(C=C12)C3. The second-order valence-corrected chi connectivity index (χ2v) is 3.97. The Balaban J connectivity index is 2.20. The predicted molar refractivity (Wildman–Crippen MR) is 46.6 cm³/mol. The van der Waals surface area contributed by atoms with E-state index in [2.05, 4.69) is 12.2 Å². The van der Waals surface area contributed by atoms with E-state index in [1.165, 1.54) is 5.57 Å². The topological polar surface area (TPSA) is 17.1 Å². The fraction of sp³-hybridized carbons (Fsp3) is 0.364. The van der Waals surface area contributed by atoms with Crippen LogP contribution in [-0.2, 0) is 4.79 Å². The second-order valence-electron chi connectivity index (χ2n) is 3.97. The Kier molecular flexibility index (Phi) is 0.957. The van der Waals surface area contributed by atoms with Gasteiger partial charge in [0.25, 0.3) is 0 Å². The normalized spacial score (nSPS) is 36.5. The van der Waals surface area contributed by atoms with Gasteiger partial charge in [0.1, 0.15) is 0 Å². The predicted octanol–water partition coefficient (Wildman–Crippen LogP) is 2.16. The van der Waals surface area contributed by atoms with Crippen LogP contribution in [0.4, 0.5) is 0 Å². The lowest BCUT2D eigenvalue weighted by atomic mass is 9.73. The highest BCUT2D eigenvalue weighted by Gasteiger charge is 2.45. The lowest BCUT2D eigenvalue weighted by molar-refractivity contribution is -0.112. The van der Waals surface area contributed by atoms with Crippen LogP contribution in [0.3, 0.4) is 0 Å². The minimum Gasteiger partial charge on any atom is -0.290 e. The molecular formula is C11H10O. The quantitative estimate of drug-likeness (QED) is 0.528. The fourth-order valence-electron chi connectivity index (χ4n) is 2.59. The number of carbonyl (C=O) groups is 1. The van der Waals surface area contributed by atoms with Crippen molar-refractivity contribution in [1.29, 1.82) is 0 Å². The van der Waals surface area contributed by atoms with Crippen LogP contribution >= 0.6 is 0 Å². The van der Waals surface area contributed by atoms with Crippen molar-refractivity contribution in [3.63, 3.8) is 0 Å². The zero-order valence-corrected chi connectivity index (χ0v) is 6.84. The number of rotatable bonds is 0. The van der Waals surface area contributed by atoms with Crippen molar-refractivity contribution in [3.8, 4) is 0 Å². The van der Waals surface area contributed by atoms with E-state index in [1.807, 2.05) is 6.08 Å². The number of hydrogen-bond acceptors (Lipinski definition) is 1. The number of allylic oxidation sites excluding steroid dienone is 6. The van der Waals surface area contributed by atoms with E-state index >= 15 is 0 Å². The van der Waals surface area contributed by atoms with Gasteiger partial charge in [-0.1, -0.05) is 23.8 Å². The summed E-state index contributed by atoms with van der Waals surface area (Å²) in [4.78, 5) is 11.5. The third-order valence-electron chi connectivity index (χ3n) is 3.24. The van der Waals surface area contributed by atoms with Crippen LogP contribution in [0.2, 0.25) is 0 Å². The Hall–Kier alpha value is -1.11. The fourth-order valence-corrected chi connectivity index (χ4v) is 2.59. The molecule has 0 aromatic heterocycles. The van der Waals surface area contributed by atoms with Gasteiger partial charge in [-0.15, -0.1) is 0 Å². The summed E-state index contributed by atoms with van der Waals surface area (Å²) in [5.74, 6) is 0.240. The molecule has 3 rings (SSSR count). The zero-order valence-electron chi connectivity index (χ0n) is 6.84. The average Bonchev–Trinajstić information content (AvgIpc) is 2.60. The number of carbonyl (C=O) groups excluding carboxylic acids is 1. The summed E-state index contributed by atoms with van der Waals surface area (Å²) >= 11 is 0. The van der Waals surface area contributed by atoms with E-state index in [0.717, 1.165) is 24.8 Å². The van der Waals surface area contributed by atoms with Crippen molar-refractivity contribution >= 4 is 5.78 Å². The van der Waals surface area contributed by atoms with Crippen LogP contribution in [0.15, 0.2) is 35.5 Å². The van der Waals surface area contributed by atoms with Crippen molar-refractivity contribution in [2.75, 3.05) is 0 Å². The molecule has 0 N–H and O–H groups in total. The highest BCUT2D eigenvalue weighted by atomic mass is 16.1. The smallest absolute Gasteiger partial charge is 0.182 e. The molecule has 1 heteroatoms. The van der Waals surface area contributed by atoms with E-state index in [1.54, 1.807) is 6.08 Å². The monoisotopic (exact) mass is 158 g/mol. The first-order chi connectivity index (χ1) is 5.80. The lowest BCUT2D eigenvalue weighted by Crippen LogP contribution is -2.24. The molecule has 0 aromatic carbocycles. The Morgan fingerprint density at radius 1 is 1.33 bits per heavy atom. The van der Waals surface area contributed by atoms with Crippen molar-refractivity contribution in [2.45, 2.75) is 19.3 Å². The highest BCUT2D eigenvalue weighted by Crippen LogP contribution is 2.54. The third-order valence-corrected chi connectivity index (χ3v) is 3.24. The Morgan fingerprint density at radius 2 is 2.25 bits per heavy atom. The van der Waals surface area contributed by atoms with Gasteiger partial charge < -0.3 is 0 Å². The van der Waals surface area contributed by atoms with E-state index in [9.17, 15) is 4.79 Å². The van der Waals surface area contributed by atoms with Crippen LogP contribution in [0.25, 0.3) is 0 Å². The molecule has 12 heavy (non-hydrogen) atoms. The Labute approximate surface area is 71.5 Å². The molecule has 1 unspecified atom stereocenters. The molecule has 3 aliphatic rings. The van der Waals surface area contributed by atoms with Gasteiger partial charge in [0.15, 0.2) is 5.78 Å². The molecule has 0 radical (unpaired) electrons. The van der Waals surface area contributed by atoms with E-state index < -0.39 is 0 Å². The second kappa shape index (κ2) is 1.79. The van der Waals surface area contributed by atoms with Crippen LogP contribution in [0, 0.1) is 5.41 Å². The maximum atomic E-state index is 11.5. The Morgan fingerprint density at radius 3 is 3.00 bits per heavy atom. The molecule has 1 atom stereocenters. The molecule has 0 amide bonds. The molecule has 0 saturated heterocycles. The van der Waals surface area contributed by atoms with Gasteiger partial charge in [-0.05, 0) is 25.3 Å². The molecule has 60 valence electrons. The van der Waals surface area contributed by atoms with Gasteiger partial charge in [-0.3, -0.25) is 4.79 Å². The maximum Gasteiger partial charge on any atom is 0.182 e. The molecule has 0 heterocycles. The highest BCUT2D eigenvalue weighted by molar-refractivity contribution is 6.07. The van der Waals surface area contributed by atoms with Crippen LogP contribution < -0.4 is 0 Å². The van der Waals surface area contributed by atoms with Gasteiger partial charge in [0, 0.05) is 11.0 Å². The maximum absolute atomic E-state index is 11.5. The molecule has 1 nitrogen and oxygen atoms in total. The number of ketones is 1. The molecule has 0 aliphatic heterocycles. The lowest BCUT2D eigenvalue weighted by Gasteiger charge is -2.29. The molecule has 2 bridgehead atoms. The molecular weight excluding hydrogens is 148 g/mol. The zero-order chi connectivity index (χ0) is 8.18. The summed E-state index contributed by atoms with van der Waals surface area (Å²) < 4.78 is 0. The molecule has 0 fully saturated rings. The summed E-state index contributed by atoms with van der Waals surface area (Å²) in [6, 6.07) is 0. The van der Waals surface area contributed by atoms with Crippen LogP contribution in [-0.4, -0.2) is 5.78 Å². The van der Waals surface area contributed by atoms with Crippen molar-refractivity contribution in [2.24, 2.45) is 5.41 Å². The minimum absolute atomic E-state index is 0.209. The van der Waals surface area contributed by atoms with Gasteiger partial charge >= 0.3 is 0 Å². The van der Waals surface area contributed by atoms with E-state index in [4.69, 9.17) is 0 Å². The van der Waals surface area contributed by atoms with Crippen molar-refractivity contribution in [3.05, 3.63) is 35.5 Å². The Bertz CT molecular complexity index is 357. The summed E-state index contributed by atoms with van der Waals surface area (Å²) in [5, 5.41) is 0. The average molecular weight is 158 g/mol. The standard InChI is InChI=1S/C11H10O/c12-10-2-1-4-11-5-3-8(7-11)6-9(10)11/h1-3,6H,4-5,7H2. The third kappa shape index (κ3) is 0.580. The van der Waals surface area contributed by atoms with Gasteiger partial charge in [0.2, 0.25) is 0 Å². The first-order valence-corrected chi connectivity index (χ1v) is 4.42. The minimum atomic E-state index is 0.209. The van der Waals surface area contributed by atoms with Crippen molar-refractivity contribution < 1.29 is 4.79 Å². The summed E-state index contributed by atoms with van der Waals surface area (Å²) in [5.41, 5.74) is 2.66. The first kappa shape index (κ1) is 6.41. The van der Waals surface area contributed by atoms with Gasteiger partial charge in [-0.25, -0.2) is 0 Å². The van der Waals surface area contributed by atoms with E-state index in [0.29, 0.717) is 0 Å². The van der Waals surface area contributed by atoms with Crippen molar-refractivity contribution in [1.82, 2.24) is 0 Å². The van der Waals surface area contributed by atoms with Gasteiger partial charge in [-0.2, -0.15) is 0 Å². The molecule has 3 aliphatic carbocycles. The molecule has 0 aromatic rings. The van der Waals surface area contributed by atoms with Crippen LogP contribution in [0.5, 0.6) is 0 Å². The van der Waals surface area contributed by atoms with E-state index in [-0.39, 0.29) is 11.2 Å². The molecule has 0 saturated carbocycles. The largest absolute Gasteiger partial charge is 0.290 e.